The van der Waals surface area contributed by atoms with Gasteiger partial charge in [0.15, 0.2) is 11.6 Å². The summed E-state index contributed by atoms with van der Waals surface area (Å²) in [6.45, 7) is 2.49. The summed E-state index contributed by atoms with van der Waals surface area (Å²) in [5, 5.41) is 0.127. The number of halogens is 3. The lowest BCUT2D eigenvalue weighted by Gasteiger charge is -2.29. The fraction of sp³-hybridized carbons (Fsp3) is 0.500. The summed E-state index contributed by atoms with van der Waals surface area (Å²) in [5.74, 6) is -1.98. The van der Waals surface area contributed by atoms with Crippen molar-refractivity contribution >= 4 is 33.4 Å². The Bertz CT molecular complexity index is 610. The van der Waals surface area contributed by atoms with E-state index in [0.29, 0.717) is 18.8 Å². The molecule has 1 unspecified atom stereocenters. The van der Waals surface area contributed by atoms with Crippen LogP contribution in [-0.2, 0) is 15.9 Å². The van der Waals surface area contributed by atoms with Crippen molar-refractivity contribution in [1.82, 2.24) is 4.31 Å². The summed E-state index contributed by atoms with van der Waals surface area (Å²) < 4.78 is 53.4. The molecule has 1 aromatic carbocycles. The van der Waals surface area contributed by atoms with Gasteiger partial charge in [0.05, 0.1) is 0 Å². The molecule has 0 saturated carbocycles. The van der Waals surface area contributed by atoms with Gasteiger partial charge in [-0.05, 0) is 17.7 Å². The average Bonchev–Trinajstić information content (AvgIpc) is 2.41. The molecule has 0 N–H and O–H groups in total. The first-order valence-electron chi connectivity index (χ1n) is 6.02. The van der Waals surface area contributed by atoms with Crippen LogP contribution in [0.25, 0.3) is 0 Å². The third kappa shape index (κ3) is 3.10. The highest BCUT2D eigenvalue weighted by molar-refractivity contribution is 8.00. The summed E-state index contributed by atoms with van der Waals surface area (Å²) in [7, 11) is -4.03. The van der Waals surface area contributed by atoms with Crippen molar-refractivity contribution in [3.05, 3.63) is 29.3 Å². The molecule has 112 valence electrons. The van der Waals surface area contributed by atoms with Crippen LogP contribution in [0.5, 0.6) is 0 Å². The topological polar surface area (TPSA) is 37.4 Å². The highest BCUT2D eigenvalue weighted by atomic mass is 35.5. The van der Waals surface area contributed by atoms with Crippen LogP contribution in [0.4, 0.5) is 8.78 Å². The Hall–Kier alpha value is -0.370. The van der Waals surface area contributed by atoms with E-state index in [1.165, 1.54) is 4.31 Å². The van der Waals surface area contributed by atoms with Crippen molar-refractivity contribution in [2.75, 3.05) is 18.8 Å². The molecule has 1 aliphatic heterocycles. The van der Waals surface area contributed by atoms with Crippen LogP contribution >= 0.6 is 23.4 Å². The SMILES string of the molecule is CC1CN(S(=O)(=O)c2cc(CCl)cc(F)c2F)CCS1. The highest BCUT2D eigenvalue weighted by Gasteiger charge is 2.32. The molecule has 0 bridgehead atoms. The van der Waals surface area contributed by atoms with Crippen LogP contribution in [-0.4, -0.2) is 36.8 Å². The molecule has 1 aromatic rings. The Morgan fingerprint density at radius 1 is 1.45 bits per heavy atom. The van der Waals surface area contributed by atoms with Crippen LogP contribution in [0, 0.1) is 11.6 Å². The maximum absolute atomic E-state index is 13.8. The van der Waals surface area contributed by atoms with E-state index in [9.17, 15) is 17.2 Å². The van der Waals surface area contributed by atoms with Crippen molar-refractivity contribution in [3.63, 3.8) is 0 Å². The molecule has 0 amide bonds. The lowest BCUT2D eigenvalue weighted by Crippen LogP contribution is -2.41. The Labute approximate surface area is 126 Å². The largest absolute Gasteiger partial charge is 0.246 e. The van der Waals surface area contributed by atoms with Crippen LogP contribution in [0.2, 0.25) is 0 Å². The fourth-order valence-corrected chi connectivity index (χ4v) is 5.06. The quantitative estimate of drug-likeness (QED) is 0.793. The summed E-state index contributed by atoms with van der Waals surface area (Å²) in [4.78, 5) is -0.632. The van der Waals surface area contributed by atoms with E-state index >= 15 is 0 Å². The molecule has 0 spiro atoms. The first kappa shape index (κ1) is 16.0. The van der Waals surface area contributed by atoms with Crippen LogP contribution in [0.3, 0.4) is 0 Å². The van der Waals surface area contributed by atoms with Crippen LogP contribution in [0.1, 0.15) is 12.5 Å². The molecule has 0 aromatic heterocycles. The first-order chi connectivity index (χ1) is 9.36. The number of hydrogen-bond donors (Lipinski definition) is 0. The molecular formula is C12H14ClF2NO2S2. The number of rotatable bonds is 3. The second kappa shape index (κ2) is 6.17. The van der Waals surface area contributed by atoms with Gasteiger partial charge in [-0.15, -0.1) is 11.6 Å². The number of sulfonamides is 1. The Morgan fingerprint density at radius 2 is 2.15 bits per heavy atom. The third-order valence-electron chi connectivity index (χ3n) is 3.03. The van der Waals surface area contributed by atoms with E-state index in [0.717, 1.165) is 12.1 Å². The third-order valence-corrected chi connectivity index (χ3v) is 6.34. The normalized spacial score (nSPS) is 21.1. The maximum Gasteiger partial charge on any atom is 0.246 e. The number of thioether (sulfide) groups is 1. The predicted molar refractivity (Wildman–Crippen MR) is 76.6 cm³/mol. The molecule has 1 fully saturated rings. The monoisotopic (exact) mass is 341 g/mol. The van der Waals surface area contributed by atoms with Gasteiger partial charge in [0, 0.05) is 30.0 Å². The van der Waals surface area contributed by atoms with Gasteiger partial charge in [-0.3, -0.25) is 0 Å². The predicted octanol–water partition coefficient (Wildman–Crippen LogP) is 2.83. The second-order valence-corrected chi connectivity index (χ2v) is 8.29. The zero-order valence-corrected chi connectivity index (χ0v) is 13.2. The van der Waals surface area contributed by atoms with E-state index in [1.54, 1.807) is 11.8 Å². The van der Waals surface area contributed by atoms with Gasteiger partial charge in [0.25, 0.3) is 0 Å². The van der Waals surface area contributed by atoms with Gasteiger partial charge >= 0.3 is 0 Å². The highest BCUT2D eigenvalue weighted by Crippen LogP contribution is 2.27. The van der Waals surface area contributed by atoms with Gasteiger partial charge in [0.1, 0.15) is 4.90 Å². The molecule has 20 heavy (non-hydrogen) atoms. The van der Waals surface area contributed by atoms with Crippen molar-refractivity contribution in [2.45, 2.75) is 22.9 Å². The molecular weight excluding hydrogens is 328 g/mol. The van der Waals surface area contributed by atoms with Crippen molar-refractivity contribution in [2.24, 2.45) is 0 Å². The van der Waals surface area contributed by atoms with Gasteiger partial charge in [-0.1, -0.05) is 6.92 Å². The Balaban J connectivity index is 2.46. The van der Waals surface area contributed by atoms with E-state index in [4.69, 9.17) is 11.6 Å². The van der Waals surface area contributed by atoms with Gasteiger partial charge in [-0.2, -0.15) is 16.1 Å². The summed E-state index contributed by atoms with van der Waals surface area (Å²) in [6, 6.07) is 2.02. The second-order valence-electron chi connectivity index (χ2n) is 4.57. The van der Waals surface area contributed by atoms with Crippen molar-refractivity contribution < 1.29 is 17.2 Å². The summed E-state index contributed by atoms with van der Waals surface area (Å²) in [5.41, 5.74) is 0.239. The molecule has 8 heteroatoms. The lowest BCUT2D eigenvalue weighted by atomic mass is 10.2. The zero-order valence-electron chi connectivity index (χ0n) is 10.8. The molecule has 2 rings (SSSR count). The Morgan fingerprint density at radius 3 is 2.75 bits per heavy atom. The molecule has 1 aliphatic rings. The van der Waals surface area contributed by atoms with E-state index in [2.05, 4.69) is 0 Å². The van der Waals surface area contributed by atoms with E-state index in [-0.39, 0.29) is 16.7 Å². The van der Waals surface area contributed by atoms with Gasteiger partial charge in [0.2, 0.25) is 10.0 Å². The number of nitrogens with zero attached hydrogens (tertiary/aromatic N) is 1. The summed E-state index contributed by atoms with van der Waals surface area (Å²) >= 11 is 7.23. The zero-order chi connectivity index (χ0) is 14.9. The standard InChI is InChI=1S/C12H14ClF2NO2S2/c1-8-7-16(2-3-19-8)20(17,18)11-5-9(6-13)4-10(14)12(11)15/h4-5,8H,2-3,6-7H2,1H3. The number of hydrogen-bond acceptors (Lipinski definition) is 3. The molecule has 3 nitrogen and oxygen atoms in total. The smallest absolute Gasteiger partial charge is 0.207 e. The minimum Gasteiger partial charge on any atom is -0.207 e. The van der Waals surface area contributed by atoms with Gasteiger partial charge in [-0.25, -0.2) is 17.2 Å². The maximum atomic E-state index is 13.8. The summed E-state index contributed by atoms with van der Waals surface area (Å²) in [6.07, 6.45) is 0. The molecule has 0 radical (unpaired) electrons. The fourth-order valence-electron chi connectivity index (χ4n) is 2.03. The van der Waals surface area contributed by atoms with E-state index in [1.807, 2.05) is 6.92 Å². The minimum absolute atomic E-state index is 0.0774. The first-order valence-corrected chi connectivity index (χ1v) is 9.04. The van der Waals surface area contributed by atoms with Crippen molar-refractivity contribution in [3.8, 4) is 0 Å². The van der Waals surface area contributed by atoms with Crippen molar-refractivity contribution in [1.29, 1.82) is 0 Å². The molecule has 1 saturated heterocycles. The average molecular weight is 342 g/mol. The minimum atomic E-state index is -4.03. The lowest BCUT2D eigenvalue weighted by molar-refractivity contribution is 0.415. The number of alkyl halides is 1. The molecule has 1 atom stereocenters. The molecule has 0 aliphatic carbocycles. The van der Waals surface area contributed by atoms with Crippen LogP contribution in [0.15, 0.2) is 17.0 Å². The van der Waals surface area contributed by atoms with Crippen LogP contribution < -0.4 is 0 Å². The Kier molecular flexibility index (Phi) is 4.94. The van der Waals surface area contributed by atoms with Gasteiger partial charge < -0.3 is 0 Å². The van der Waals surface area contributed by atoms with E-state index < -0.39 is 26.6 Å². The number of benzene rings is 1. The molecule has 1 heterocycles.